The number of hydrogen-bond donors (Lipinski definition) is 1. The second-order valence-electron chi connectivity index (χ2n) is 6.87. The molecule has 0 spiro atoms. The van der Waals surface area contributed by atoms with Crippen LogP contribution in [0.3, 0.4) is 0 Å². The van der Waals surface area contributed by atoms with Gasteiger partial charge in [-0.3, -0.25) is 14.3 Å². The molecule has 1 aromatic carbocycles. The van der Waals surface area contributed by atoms with Gasteiger partial charge in [0.15, 0.2) is 0 Å². The maximum atomic E-state index is 13.2. The molecular weight excluding hydrogens is 330 g/mol. The van der Waals surface area contributed by atoms with Gasteiger partial charge < -0.3 is 10.0 Å². The number of aromatic nitrogens is 2. The van der Waals surface area contributed by atoms with Gasteiger partial charge in [0.1, 0.15) is 0 Å². The number of hydrogen-bond acceptors (Lipinski definition) is 3. The summed E-state index contributed by atoms with van der Waals surface area (Å²) in [7, 11) is 1.86. The number of carboxylic acid groups (broad SMARTS) is 1. The fourth-order valence-corrected chi connectivity index (χ4v) is 3.26. The Kier molecular flexibility index (Phi) is 6.18. The van der Waals surface area contributed by atoms with Crippen molar-refractivity contribution < 1.29 is 14.7 Å². The molecule has 0 saturated carbocycles. The topological polar surface area (TPSA) is 75.4 Å². The lowest BCUT2D eigenvalue weighted by molar-refractivity contribution is -0.143. The smallest absolute Gasteiger partial charge is 0.308 e. The average molecular weight is 357 g/mol. The summed E-state index contributed by atoms with van der Waals surface area (Å²) in [5.41, 5.74) is 3.68. The molecule has 140 valence electrons. The Morgan fingerprint density at radius 3 is 2.31 bits per heavy atom. The quantitative estimate of drug-likeness (QED) is 0.827. The predicted molar refractivity (Wildman–Crippen MR) is 99.8 cm³/mol. The van der Waals surface area contributed by atoms with Crippen molar-refractivity contribution in [3.05, 3.63) is 52.8 Å². The first-order valence-electron chi connectivity index (χ1n) is 8.78. The summed E-state index contributed by atoms with van der Waals surface area (Å²) < 4.78 is 1.77. The van der Waals surface area contributed by atoms with Crippen molar-refractivity contribution in [2.75, 3.05) is 6.54 Å². The third-order valence-electron chi connectivity index (χ3n) is 4.81. The molecule has 0 fully saturated rings. The highest BCUT2D eigenvalue weighted by molar-refractivity contribution is 5.84. The van der Waals surface area contributed by atoms with Gasteiger partial charge in [-0.25, -0.2) is 0 Å². The van der Waals surface area contributed by atoms with Crippen molar-refractivity contribution in [2.24, 2.45) is 13.0 Å². The first-order valence-corrected chi connectivity index (χ1v) is 8.78. The van der Waals surface area contributed by atoms with E-state index in [-0.39, 0.29) is 18.4 Å². The molecule has 2 atom stereocenters. The van der Waals surface area contributed by atoms with E-state index < -0.39 is 11.9 Å². The summed E-state index contributed by atoms with van der Waals surface area (Å²) in [6.07, 6.45) is 0. The lowest BCUT2D eigenvalue weighted by Gasteiger charge is -2.28. The van der Waals surface area contributed by atoms with Gasteiger partial charge in [-0.2, -0.15) is 5.10 Å². The molecule has 1 heterocycles. The molecule has 2 aromatic rings. The highest BCUT2D eigenvalue weighted by atomic mass is 16.4. The number of aryl methyl sites for hydroxylation is 2. The lowest BCUT2D eigenvalue weighted by Crippen LogP contribution is -2.39. The highest BCUT2D eigenvalue weighted by Gasteiger charge is 2.29. The molecule has 0 bridgehead atoms. The summed E-state index contributed by atoms with van der Waals surface area (Å²) in [5, 5.41) is 13.7. The minimum atomic E-state index is -0.905. The van der Waals surface area contributed by atoms with Gasteiger partial charge in [0.05, 0.1) is 17.5 Å². The Morgan fingerprint density at radius 1 is 1.19 bits per heavy atom. The van der Waals surface area contributed by atoms with Gasteiger partial charge in [0, 0.05) is 31.4 Å². The number of amides is 1. The average Bonchev–Trinajstić information content (AvgIpc) is 2.86. The van der Waals surface area contributed by atoms with Crippen LogP contribution in [0.15, 0.2) is 30.3 Å². The minimum Gasteiger partial charge on any atom is -0.481 e. The summed E-state index contributed by atoms with van der Waals surface area (Å²) in [4.78, 5) is 26.2. The van der Waals surface area contributed by atoms with Gasteiger partial charge in [-0.05, 0) is 26.3 Å². The van der Waals surface area contributed by atoms with Gasteiger partial charge in [-0.15, -0.1) is 0 Å². The molecular formula is C20H27N3O3. The van der Waals surface area contributed by atoms with E-state index in [2.05, 4.69) is 5.10 Å². The summed E-state index contributed by atoms with van der Waals surface area (Å²) in [6, 6.07) is 9.63. The van der Waals surface area contributed by atoms with Crippen LogP contribution in [0, 0.1) is 19.8 Å². The Bertz CT molecular complexity index is 783. The summed E-state index contributed by atoms with van der Waals surface area (Å²) in [5.74, 6) is -2.00. The van der Waals surface area contributed by atoms with Gasteiger partial charge in [0.2, 0.25) is 5.91 Å². The van der Waals surface area contributed by atoms with Crippen molar-refractivity contribution >= 4 is 11.9 Å². The van der Waals surface area contributed by atoms with E-state index in [0.29, 0.717) is 6.54 Å². The molecule has 1 amide bonds. The van der Waals surface area contributed by atoms with E-state index >= 15 is 0 Å². The Balaban J connectivity index is 2.30. The molecule has 0 saturated heterocycles. The second kappa shape index (κ2) is 8.17. The van der Waals surface area contributed by atoms with Gasteiger partial charge >= 0.3 is 5.97 Å². The van der Waals surface area contributed by atoms with Crippen molar-refractivity contribution in [1.29, 1.82) is 0 Å². The number of carbonyl (C=O) groups excluding carboxylic acids is 1. The van der Waals surface area contributed by atoms with Crippen LogP contribution < -0.4 is 0 Å². The lowest BCUT2D eigenvalue weighted by atomic mass is 9.96. The van der Waals surface area contributed by atoms with E-state index in [9.17, 15) is 14.7 Å². The van der Waals surface area contributed by atoms with Crippen molar-refractivity contribution in [2.45, 2.75) is 40.2 Å². The SMILES string of the molecule is Cc1nn(C)c(C)c1[C@H](C)C(=O)N(Cc1ccccc1)C[C@H](C)C(=O)O. The maximum Gasteiger partial charge on any atom is 0.308 e. The van der Waals surface area contributed by atoms with Crippen LogP contribution in [0.5, 0.6) is 0 Å². The fraction of sp³-hybridized carbons (Fsp3) is 0.450. The van der Waals surface area contributed by atoms with Crippen LogP contribution in [0.25, 0.3) is 0 Å². The Hall–Kier alpha value is -2.63. The number of benzene rings is 1. The number of carboxylic acids is 1. The number of carbonyl (C=O) groups is 2. The molecule has 0 aliphatic carbocycles. The highest BCUT2D eigenvalue weighted by Crippen LogP contribution is 2.26. The minimum absolute atomic E-state index is 0.0823. The molecule has 1 N–H and O–H groups in total. The van der Waals surface area contributed by atoms with E-state index in [4.69, 9.17) is 0 Å². The standard InChI is InChI=1S/C20H27N3O3/c1-13(20(25)26)11-23(12-17-9-7-6-8-10-17)19(24)14(2)18-15(3)21-22(5)16(18)4/h6-10,13-14H,11-12H2,1-5H3,(H,25,26)/t13-,14-/m0/s1. The number of rotatable bonds is 7. The van der Waals surface area contributed by atoms with Gasteiger partial charge in [0.25, 0.3) is 0 Å². The molecule has 0 aliphatic heterocycles. The molecule has 26 heavy (non-hydrogen) atoms. The van der Waals surface area contributed by atoms with E-state index in [0.717, 1.165) is 22.5 Å². The molecule has 6 heteroatoms. The summed E-state index contributed by atoms with van der Waals surface area (Å²) >= 11 is 0. The van der Waals surface area contributed by atoms with Crippen LogP contribution >= 0.6 is 0 Å². The zero-order valence-electron chi connectivity index (χ0n) is 16.1. The van der Waals surface area contributed by atoms with Gasteiger partial charge in [-0.1, -0.05) is 37.3 Å². The van der Waals surface area contributed by atoms with Crippen LogP contribution in [0.2, 0.25) is 0 Å². The normalized spacial score (nSPS) is 13.3. The fourth-order valence-electron chi connectivity index (χ4n) is 3.26. The molecule has 2 rings (SSSR count). The monoisotopic (exact) mass is 357 g/mol. The predicted octanol–water partition coefficient (Wildman–Crippen LogP) is 2.89. The first-order chi connectivity index (χ1) is 12.2. The van der Waals surface area contributed by atoms with E-state index in [1.165, 1.54) is 0 Å². The van der Waals surface area contributed by atoms with Crippen LogP contribution in [-0.4, -0.2) is 38.2 Å². The third-order valence-corrected chi connectivity index (χ3v) is 4.81. The number of aliphatic carboxylic acids is 1. The number of nitrogens with zero attached hydrogens (tertiary/aromatic N) is 3. The molecule has 6 nitrogen and oxygen atoms in total. The summed E-state index contributed by atoms with van der Waals surface area (Å²) in [6.45, 7) is 7.89. The van der Waals surface area contributed by atoms with Crippen LogP contribution in [0.1, 0.15) is 42.3 Å². The largest absolute Gasteiger partial charge is 0.481 e. The zero-order valence-corrected chi connectivity index (χ0v) is 16.1. The Labute approximate surface area is 154 Å². The molecule has 0 aliphatic rings. The maximum absolute atomic E-state index is 13.2. The van der Waals surface area contributed by atoms with E-state index in [1.807, 2.05) is 58.2 Å². The Morgan fingerprint density at radius 2 is 1.81 bits per heavy atom. The third kappa shape index (κ3) is 4.31. The molecule has 1 aromatic heterocycles. The van der Waals surface area contributed by atoms with Crippen molar-refractivity contribution in [3.63, 3.8) is 0 Å². The van der Waals surface area contributed by atoms with E-state index in [1.54, 1.807) is 16.5 Å². The van der Waals surface area contributed by atoms with Crippen molar-refractivity contribution in [1.82, 2.24) is 14.7 Å². The first kappa shape index (κ1) is 19.7. The van der Waals surface area contributed by atoms with Crippen molar-refractivity contribution in [3.8, 4) is 0 Å². The molecule has 0 unspecified atom stereocenters. The zero-order chi connectivity index (χ0) is 19.4. The van der Waals surface area contributed by atoms with Crippen LogP contribution in [0.4, 0.5) is 0 Å². The molecule has 0 radical (unpaired) electrons. The second-order valence-corrected chi connectivity index (χ2v) is 6.87. The van der Waals surface area contributed by atoms with Crippen LogP contribution in [-0.2, 0) is 23.2 Å².